The number of hydrogen-bond acceptors (Lipinski definition) is 5. The number of rotatable bonds is 6. The smallest absolute Gasteiger partial charge is 0.338 e. The Morgan fingerprint density at radius 2 is 2.07 bits per heavy atom. The highest BCUT2D eigenvalue weighted by atomic mass is 16.5. The molecule has 1 aromatic heterocycles. The highest BCUT2D eigenvalue weighted by molar-refractivity contribution is 5.95. The number of hydrogen-bond donors (Lipinski definition) is 2. The predicted molar refractivity (Wildman–Crippen MR) is 112 cm³/mol. The van der Waals surface area contributed by atoms with Crippen LogP contribution in [-0.4, -0.2) is 43.1 Å². The van der Waals surface area contributed by atoms with Crippen LogP contribution < -0.4 is 10.6 Å². The predicted octanol–water partition coefficient (Wildman–Crippen LogP) is 3.24. The molecule has 0 saturated carbocycles. The molecule has 0 fully saturated rings. The molecule has 4 rings (SSSR count). The van der Waals surface area contributed by atoms with Crippen LogP contribution in [0.15, 0.2) is 70.5 Å². The molecule has 1 aromatic carbocycles. The van der Waals surface area contributed by atoms with E-state index < -0.39 is 12.0 Å². The molecule has 2 amide bonds. The van der Waals surface area contributed by atoms with E-state index in [1.54, 1.807) is 19.1 Å². The molecule has 2 aliphatic rings. The van der Waals surface area contributed by atoms with Crippen molar-refractivity contribution < 1.29 is 18.7 Å². The summed E-state index contributed by atoms with van der Waals surface area (Å²) in [4.78, 5) is 27.3. The molecule has 0 bridgehead atoms. The highest BCUT2D eigenvalue weighted by Crippen LogP contribution is 2.29. The van der Waals surface area contributed by atoms with Gasteiger partial charge in [-0.1, -0.05) is 36.4 Å². The number of benzene rings is 1. The van der Waals surface area contributed by atoms with Gasteiger partial charge in [-0.05, 0) is 36.6 Å². The molecule has 156 valence electrons. The third-order valence-corrected chi connectivity index (χ3v) is 5.30. The van der Waals surface area contributed by atoms with Crippen LogP contribution in [0.2, 0.25) is 0 Å². The molecular formula is C23H25N3O4. The summed E-state index contributed by atoms with van der Waals surface area (Å²) >= 11 is 0. The number of ether oxygens (including phenoxy) is 1. The fourth-order valence-electron chi connectivity index (χ4n) is 3.85. The summed E-state index contributed by atoms with van der Waals surface area (Å²) < 4.78 is 10.8. The van der Waals surface area contributed by atoms with Crippen LogP contribution in [0, 0.1) is 0 Å². The largest absolute Gasteiger partial charge is 0.467 e. The Bertz CT molecular complexity index is 964. The lowest BCUT2D eigenvalue weighted by molar-refractivity contribution is -0.139. The van der Waals surface area contributed by atoms with Gasteiger partial charge in [0.05, 0.1) is 18.4 Å². The van der Waals surface area contributed by atoms with E-state index in [0.29, 0.717) is 23.6 Å². The Balaban J connectivity index is 1.58. The van der Waals surface area contributed by atoms with Gasteiger partial charge < -0.3 is 19.8 Å². The molecule has 0 saturated heterocycles. The zero-order chi connectivity index (χ0) is 20.9. The Labute approximate surface area is 175 Å². The second kappa shape index (κ2) is 9.00. The van der Waals surface area contributed by atoms with Crippen molar-refractivity contribution in [1.82, 2.24) is 15.5 Å². The van der Waals surface area contributed by atoms with Gasteiger partial charge >= 0.3 is 12.0 Å². The van der Waals surface area contributed by atoms with E-state index in [2.05, 4.69) is 33.7 Å². The zero-order valence-corrected chi connectivity index (χ0v) is 16.9. The first-order valence-corrected chi connectivity index (χ1v) is 10.1. The summed E-state index contributed by atoms with van der Waals surface area (Å²) in [5, 5.41) is 5.58. The van der Waals surface area contributed by atoms with Crippen molar-refractivity contribution in [1.29, 1.82) is 0 Å². The Morgan fingerprint density at radius 1 is 1.23 bits per heavy atom. The van der Waals surface area contributed by atoms with Crippen LogP contribution in [0.1, 0.15) is 30.7 Å². The van der Waals surface area contributed by atoms with Gasteiger partial charge in [0.2, 0.25) is 0 Å². The van der Waals surface area contributed by atoms with Crippen LogP contribution >= 0.6 is 0 Å². The molecule has 7 nitrogen and oxygen atoms in total. The number of amides is 2. The van der Waals surface area contributed by atoms with E-state index in [9.17, 15) is 9.59 Å². The van der Waals surface area contributed by atoms with E-state index in [-0.39, 0.29) is 12.6 Å². The maximum Gasteiger partial charge on any atom is 0.338 e. The third kappa shape index (κ3) is 4.31. The molecule has 0 unspecified atom stereocenters. The van der Waals surface area contributed by atoms with E-state index in [1.807, 2.05) is 18.2 Å². The topological polar surface area (TPSA) is 83.8 Å². The fraction of sp³-hybridized carbons (Fsp3) is 0.304. The molecule has 0 radical (unpaired) electrons. The SMILES string of the molecule is CCOC(=O)C1=C(CN2CC=C(c3ccccc3)CC2)NC(=O)N[C@@H]1c1ccco1. The molecule has 2 N–H and O–H groups in total. The number of nitrogens with zero attached hydrogens (tertiary/aromatic N) is 1. The molecule has 0 aliphatic carbocycles. The quantitative estimate of drug-likeness (QED) is 0.719. The summed E-state index contributed by atoms with van der Waals surface area (Å²) in [6.45, 7) is 4.02. The second-order valence-corrected chi connectivity index (χ2v) is 7.24. The number of carbonyl (C=O) groups excluding carboxylic acids is 2. The van der Waals surface area contributed by atoms with Crippen LogP contribution in [-0.2, 0) is 9.53 Å². The lowest BCUT2D eigenvalue weighted by Gasteiger charge is -2.32. The molecule has 0 spiro atoms. The van der Waals surface area contributed by atoms with Crippen LogP contribution in [0.4, 0.5) is 4.79 Å². The molecular weight excluding hydrogens is 382 g/mol. The molecule has 3 heterocycles. The van der Waals surface area contributed by atoms with E-state index >= 15 is 0 Å². The Kier molecular flexibility index (Phi) is 5.99. The highest BCUT2D eigenvalue weighted by Gasteiger charge is 2.35. The summed E-state index contributed by atoms with van der Waals surface area (Å²) in [6.07, 6.45) is 4.63. The third-order valence-electron chi connectivity index (χ3n) is 5.30. The van der Waals surface area contributed by atoms with Crippen molar-refractivity contribution in [2.75, 3.05) is 26.2 Å². The molecule has 1 atom stereocenters. The average molecular weight is 407 g/mol. The first-order valence-electron chi connectivity index (χ1n) is 10.1. The van der Waals surface area contributed by atoms with Crippen LogP contribution in [0.25, 0.3) is 5.57 Å². The molecule has 30 heavy (non-hydrogen) atoms. The van der Waals surface area contributed by atoms with Gasteiger partial charge in [0.25, 0.3) is 0 Å². The number of urea groups is 1. The van der Waals surface area contributed by atoms with Crippen molar-refractivity contribution in [3.8, 4) is 0 Å². The first-order chi connectivity index (χ1) is 14.7. The van der Waals surface area contributed by atoms with Gasteiger partial charge in [0, 0.05) is 25.3 Å². The summed E-state index contributed by atoms with van der Waals surface area (Å²) in [6, 6.07) is 12.7. The zero-order valence-electron chi connectivity index (χ0n) is 16.9. The second-order valence-electron chi connectivity index (χ2n) is 7.24. The molecule has 2 aromatic rings. The number of furan rings is 1. The average Bonchev–Trinajstić information content (AvgIpc) is 3.29. The summed E-state index contributed by atoms with van der Waals surface area (Å²) in [7, 11) is 0. The van der Waals surface area contributed by atoms with Crippen molar-refractivity contribution in [2.45, 2.75) is 19.4 Å². The number of carbonyl (C=O) groups is 2. The van der Waals surface area contributed by atoms with Gasteiger partial charge in [-0.2, -0.15) is 0 Å². The minimum absolute atomic E-state index is 0.251. The monoisotopic (exact) mass is 407 g/mol. The van der Waals surface area contributed by atoms with Crippen molar-refractivity contribution in [2.24, 2.45) is 0 Å². The van der Waals surface area contributed by atoms with Gasteiger partial charge in [-0.15, -0.1) is 0 Å². The normalized spacial score (nSPS) is 19.7. The number of esters is 1. The maximum atomic E-state index is 12.8. The van der Waals surface area contributed by atoms with Gasteiger partial charge in [0.15, 0.2) is 0 Å². The standard InChI is InChI=1S/C23H25N3O4/c1-2-29-22(27)20-18(24-23(28)25-21(20)19-9-6-14-30-19)15-26-12-10-17(11-13-26)16-7-4-3-5-8-16/h3-10,14,21H,2,11-13,15H2,1H3,(H2,24,25,28)/t21-/m1/s1. The lowest BCUT2D eigenvalue weighted by atomic mass is 9.97. The first kappa shape index (κ1) is 20.0. The van der Waals surface area contributed by atoms with E-state index in [4.69, 9.17) is 9.15 Å². The fourth-order valence-corrected chi connectivity index (χ4v) is 3.85. The number of nitrogens with one attached hydrogen (secondary N) is 2. The summed E-state index contributed by atoms with van der Waals surface area (Å²) in [5.41, 5.74) is 3.48. The summed E-state index contributed by atoms with van der Waals surface area (Å²) in [5.74, 6) is 0.0363. The van der Waals surface area contributed by atoms with Crippen molar-refractivity contribution >= 4 is 17.6 Å². The minimum atomic E-state index is -0.678. The van der Waals surface area contributed by atoms with Crippen molar-refractivity contribution in [3.63, 3.8) is 0 Å². The van der Waals surface area contributed by atoms with E-state index in [1.165, 1.54) is 17.4 Å². The Hall–Kier alpha value is -3.32. The van der Waals surface area contributed by atoms with Gasteiger partial charge in [-0.3, -0.25) is 4.90 Å². The lowest BCUT2D eigenvalue weighted by Crippen LogP contribution is -2.48. The van der Waals surface area contributed by atoms with E-state index in [0.717, 1.165) is 19.5 Å². The molecule has 2 aliphatic heterocycles. The van der Waals surface area contributed by atoms with Crippen molar-refractivity contribution in [3.05, 3.63) is 77.4 Å². The van der Waals surface area contributed by atoms with Crippen LogP contribution in [0.3, 0.4) is 0 Å². The minimum Gasteiger partial charge on any atom is -0.467 e. The molecule has 7 heteroatoms. The van der Waals surface area contributed by atoms with Gasteiger partial charge in [-0.25, -0.2) is 9.59 Å². The van der Waals surface area contributed by atoms with Gasteiger partial charge in [0.1, 0.15) is 11.8 Å². The maximum absolute atomic E-state index is 12.8. The Morgan fingerprint density at radius 3 is 2.73 bits per heavy atom. The van der Waals surface area contributed by atoms with Crippen LogP contribution in [0.5, 0.6) is 0 Å².